The van der Waals surface area contributed by atoms with Crippen molar-refractivity contribution in [3.8, 4) is 11.7 Å². The molecule has 3 aromatic rings. The SMILES string of the molecule is CCc1cc(=O)[nH]c(-n2nc(C)cc2NC(=O)[C@H]2CC(=O)N(c3cccc(OC)c3)C2)n1. The van der Waals surface area contributed by atoms with Crippen molar-refractivity contribution in [1.29, 1.82) is 0 Å². The number of carbonyl (C=O) groups is 2. The molecular formula is C22H24N6O4. The first-order valence-corrected chi connectivity index (χ1v) is 10.3. The van der Waals surface area contributed by atoms with E-state index < -0.39 is 5.92 Å². The number of ether oxygens (including phenoxy) is 1. The highest BCUT2D eigenvalue weighted by Crippen LogP contribution is 2.28. The number of methoxy groups -OCH3 is 1. The van der Waals surface area contributed by atoms with Gasteiger partial charge in [-0.1, -0.05) is 13.0 Å². The molecule has 0 unspecified atom stereocenters. The van der Waals surface area contributed by atoms with Crippen LogP contribution in [0.4, 0.5) is 11.5 Å². The van der Waals surface area contributed by atoms with Crippen LogP contribution < -0.4 is 20.5 Å². The van der Waals surface area contributed by atoms with Crippen molar-refractivity contribution in [2.24, 2.45) is 5.92 Å². The largest absolute Gasteiger partial charge is 0.497 e. The summed E-state index contributed by atoms with van der Waals surface area (Å²) in [6.45, 7) is 3.93. The molecule has 4 rings (SSSR count). The van der Waals surface area contributed by atoms with Crippen LogP contribution >= 0.6 is 0 Å². The molecule has 0 radical (unpaired) electrons. The van der Waals surface area contributed by atoms with Gasteiger partial charge in [-0.15, -0.1) is 0 Å². The molecule has 1 fully saturated rings. The molecule has 10 heteroatoms. The molecule has 1 aliphatic rings. The Balaban J connectivity index is 1.55. The van der Waals surface area contributed by atoms with Crippen LogP contribution in [-0.4, -0.2) is 45.2 Å². The van der Waals surface area contributed by atoms with Gasteiger partial charge in [0.2, 0.25) is 17.8 Å². The average molecular weight is 436 g/mol. The molecule has 1 aromatic carbocycles. The molecule has 2 aromatic heterocycles. The summed E-state index contributed by atoms with van der Waals surface area (Å²) in [5.74, 6) is 0.253. The number of aryl methyl sites for hydroxylation is 2. The summed E-state index contributed by atoms with van der Waals surface area (Å²) in [6, 6.07) is 10.3. The summed E-state index contributed by atoms with van der Waals surface area (Å²) in [5.41, 5.74) is 1.64. The second-order valence-corrected chi connectivity index (χ2v) is 7.59. The summed E-state index contributed by atoms with van der Waals surface area (Å²) < 4.78 is 6.62. The van der Waals surface area contributed by atoms with Crippen LogP contribution in [0.25, 0.3) is 5.95 Å². The maximum atomic E-state index is 13.0. The average Bonchev–Trinajstić information content (AvgIpc) is 3.35. The number of aromatic amines is 1. The number of anilines is 2. The number of carbonyl (C=O) groups excluding carboxylic acids is 2. The second-order valence-electron chi connectivity index (χ2n) is 7.59. The number of hydrogen-bond donors (Lipinski definition) is 2. The van der Waals surface area contributed by atoms with Crippen molar-refractivity contribution in [1.82, 2.24) is 19.7 Å². The second kappa shape index (κ2) is 8.66. The monoisotopic (exact) mass is 436 g/mol. The van der Waals surface area contributed by atoms with Gasteiger partial charge in [-0.3, -0.25) is 19.4 Å². The van der Waals surface area contributed by atoms with Gasteiger partial charge in [-0.05, 0) is 25.5 Å². The molecule has 0 bridgehead atoms. The Bertz CT molecular complexity index is 1230. The number of rotatable bonds is 6. The van der Waals surface area contributed by atoms with E-state index >= 15 is 0 Å². The molecule has 0 spiro atoms. The van der Waals surface area contributed by atoms with Gasteiger partial charge in [0.05, 0.1) is 18.7 Å². The van der Waals surface area contributed by atoms with Crippen molar-refractivity contribution in [3.63, 3.8) is 0 Å². The zero-order valence-corrected chi connectivity index (χ0v) is 18.1. The minimum atomic E-state index is -0.536. The first kappa shape index (κ1) is 21.3. The first-order chi connectivity index (χ1) is 15.4. The van der Waals surface area contributed by atoms with Crippen LogP contribution in [0.5, 0.6) is 5.75 Å². The van der Waals surface area contributed by atoms with Gasteiger partial charge >= 0.3 is 0 Å². The van der Waals surface area contributed by atoms with E-state index in [1.54, 1.807) is 43.2 Å². The van der Waals surface area contributed by atoms with Crippen LogP contribution in [0, 0.1) is 12.8 Å². The molecule has 3 heterocycles. The Morgan fingerprint density at radius 3 is 2.84 bits per heavy atom. The van der Waals surface area contributed by atoms with E-state index in [-0.39, 0.29) is 36.3 Å². The lowest BCUT2D eigenvalue weighted by Crippen LogP contribution is -2.29. The summed E-state index contributed by atoms with van der Waals surface area (Å²) >= 11 is 0. The minimum absolute atomic E-state index is 0.0938. The summed E-state index contributed by atoms with van der Waals surface area (Å²) in [4.78, 5) is 46.2. The standard InChI is InChI=1S/C22H24N6O4/c1-4-15-10-19(29)25-22(23-15)28-18(8-13(2)26-28)24-21(31)14-9-20(30)27(12-14)16-6-5-7-17(11-16)32-3/h5-8,10-11,14H,4,9,12H2,1-3H3,(H,24,31)(H,23,25,29)/t14-/m0/s1. The maximum absolute atomic E-state index is 13.0. The van der Waals surface area contributed by atoms with Gasteiger partial charge in [0.15, 0.2) is 0 Å². The number of nitrogens with zero attached hydrogens (tertiary/aromatic N) is 4. The van der Waals surface area contributed by atoms with Crippen LogP contribution in [-0.2, 0) is 16.0 Å². The highest BCUT2D eigenvalue weighted by Gasteiger charge is 2.35. The quantitative estimate of drug-likeness (QED) is 0.608. The molecule has 0 saturated carbocycles. The Hall–Kier alpha value is -3.95. The lowest BCUT2D eigenvalue weighted by Gasteiger charge is -2.17. The van der Waals surface area contributed by atoms with Crippen LogP contribution in [0.3, 0.4) is 0 Å². The number of H-pyrrole nitrogens is 1. The molecular weight excluding hydrogens is 412 g/mol. The maximum Gasteiger partial charge on any atom is 0.252 e. The van der Waals surface area contributed by atoms with Crippen molar-refractivity contribution >= 4 is 23.3 Å². The predicted octanol–water partition coefficient (Wildman–Crippen LogP) is 1.83. The fourth-order valence-corrected chi connectivity index (χ4v) is 3.66. The van der Waals surface area contributed by atoms with Gasteiger partial charge < -0.3 is 15.0 Å². The van der Waals surface area contributed by atoms with E-state index in [2.05, 4.69) is 20.4 Å². The van der Waals surface area contributed by atoms with Gasteiger partial charge in [0.25, 0.3) is 5.56 Å². The van der Waals surface area contributed by atoms with E-state index in [0.29, 0.717) is 35.1 Å². The zero-order chi connectivity index (χ0) is 22.8. The minimum Gasteiger partial charge on any atom is -0.497 e. The Morgan fingerprint density at radius 2 is 2.09 bits per heavy atom. The zero-order valence-electron chi connectivity index (χ0n) is 18.1. The van der Waals surface area contributed by atoms with Crippen molar-refractivity contribution in [2.75, 3.05) is 23.9 Å². The Labute approximate surface area is 184 Å². The van der Waals surface area contributed by atoms with E-state index in [1.165, 1.54) is 10.7 Å². The molecule has 1 atom stereocenters. The fourth-order valence-electron chi connectivity index (χ4n) is 3.66. The number of benzene rings is 1. The van der Waals surface area contributed by atoms with Crippen molar-refractivity contribution < 1.29 is 14.3 Å². The molecule has 1 saturated heterocycles. The van der Waals surface area contributed by atoms with Crippen molar-refractivity contribution in [3.05, 3.63) is 58.1 Å². The van der Waals surface area contributed by atoms with Crippen molar-refractivity contribution in [2.45, 2.75) is 26.7 Å². The number of hydrogen-bond acceptors (Lipinski definition) is 6. The van der Waals surface area contributed by atoms with E-state index in [0.717, 1.165) is 0 Å². The number of aromatic nitrogens is 4. The first-order valence-electron chi connectivity index (χ1n) is 10.3. The lowest BCUT2D eigenvalue weighted by atomic mass is 10.1. The molecule has 10 nitrogen and oxygen atoms in total. The molecule has 166 valence electrons. The third-order valence-electron chi connectivity index (χ3n) is 5.29. The molecule has 2 N–H and O–H groups in total. The van der Waals surface area contributed by atoms with Crippen LogP contribution in [0.2, 0.25) is 0 Å². The molecule has 0 aliphatic carbocycles. The Kier molecular flexibility index (Phi) is 5.76. The highest BCUT2D eigenvalue weighted by atomic mass is 16.5. The number of amides is 2. The molecule has 2 amide bonds. The topological polar surface area (TPSA) is 122 Å². The fraction of sp³-hybridized carbons (Fsp3) is 0.318. The van der Waals surface area contributed by atoms with E-state index in [9.17, 15) is 14.4 Å². The van der Waals surface area contributed by atoms with Crippen LogP contribution in [0.1, 0.15) is 24.7 Å². The molecule has 1 aliphatic heterocycles. The summed E-state index contributed by atoms with van der Waals surface area (Å²) in [5, 5.41) is 7.19. The summed E-state index contributed by atoms with van der Waals surface area (Å²) in [7, 11) is 1.56. The highest BCUT2D eigenvalue weighted by molar-refractivity contribution is 6.03. The molecule has 32 heavy (non-hydrogen) atoms. The van der Waals surface area contributed by atoms with Crippen LogP contribution in [0.15, 0.2) is 41.2 Å². The van der Waals surface area contributed by atoms with Gasteiger partial charge in [-0.25, -0.2) is 4.98 Å². The van der Waals surface area contributed by atoms with Gasteiger partial charge in [-0.2, -0.15) is 9.78 Å². The third-order valence-corrected chi connectivity index (χ3v) is 5.29. The summed E-state index contributed by atoms with van der Waals surface area (Å²) in [6.07, 6.45) is 0.680. The predicted molar refractivity (Wildman–Crippen MR) is 118 cm³/mol. The Morgan fingerprint density at radius 1 is 1.28 bits per heavy atom. The van der Waals surface area contributed by atoms with Gasteiger partial charge in [0, 0.05) is 42.5 Å². The number of nitrogens with one attached hydrogen (secondary N) is 2. The van der Waals surface area contributed by atoms with E-state index in [4.69, 9.17) is 4.74 Å². The van der Waals surface area contributed by atoms with Gasteiger partial charge in [0.1, 0.15) is 11.6 Å². The normalized spacial score (nSPS) is 15.8. The smallest absolute Gasteiger partial charge is 0.252 e. The third kappa shape index (κ3) is 4.25. The van der Waals surface area contributed by atoms with E-state index in [1.807, 2.05) is 13.0 Å². The lowest BCUT2D eigenvalue weighted by molar-refractivity contribution is -0.122.